The Morgan fingerprint density at radius 1 is 0.792 bits per heavy atom. The molecule has 0 saturated heterocycles. The minimum Gasteiger partial charge on any atom is -0.458 e. The second kappa shape index (κ2) is 16.4. The van der Waals surface area contributed by atoms with Crippen LogP contribution in [-0.2, 0) is 14.2 Å². The van der Waals surface area contributed by atoms with E-state index in [2.05, 4.69) is 37.8 Å². The number of hydrogen-bond donors (Lipinski definition) is 0. The first kappa shape index (κ1) is 36.4. The molecule has 6 unspecified atom stereocenters. The van der Waals surface area contributed by atoms with Crippen molar-refractivity contribution in [3.05, 3.63) is 155 Å². The highest BCUT2D eigenvalue weighted by molar-refractivity contribution is 5.90. The van der Waals surface area contributed by atoms with Crippen LogP contribution in [0.4, 0.5) is 0 Å². The summed E-state index contributed by atoms with van der Waals surface area (Å²) in [6.07, 6.45) is 17.3. The van der Waals surface area contributed by atoms with Crippen molar-refractivity contribution in [1.82, 2.24) is 0 Å². The fraction of sp³-hybridized carbons (Fsp3) is 0.383. The quantitative estimate of drug-likeness (QED) is 0.112. The van der Waals surface area contributed by atoms with Crippen molar-refractivity contribution in [2.24, 2.45) is 23.2 Å². The average molecular weight is 711 g/mol. The molecule has 4 fully saturated rings. The van der Waals surface area contributed by atoms with Gasteiger partial charge in [0.15, 0.2) is 0 Å². The molecule has 0 amide bonds. The van der Waals surface area contributed by atoms with E-state index in [0.29, 0.717) is 47.3 Å². The lowest BCUT2D eigenvalue weighted by Gasteiger charge is -2.42. The molecular weight excluding hydrogens is 661 g/mol. The van der Waals surface area contributed by atoms with Gasteiger partial charge in [-0.3, -0.25) is 0 Å². The molecule has 0 aliphatic heterocycles. The van der Waals surface area contributed by atoms with E-state index in [0.717, 1.165) is 49.7 Å². The Bertz CT molecular complexity index is 1870. The Morgan fingerprint density at radius 2 is 1.40 bits per heavy atom. The van der Waals surface area contributed by atoms with Gasteiger partial charge in [-0.1, -0.05) is 91.9 Å². The third kappa shape index (κ3) is 8.64. The minimum atomic E-state index is -0.611. The van der Waals surface area contributed by atoms with E-state index in [1.54, 1.807) is 24.3 Å². The lowest BCUT2D eigenvalue weighted by Crippen LogP contribution is -2.34. The summed E-state index contributed by atoms with van der Waals surface area (Å²) in [4.78, 5) is 39.0. The van der Waals surface area contributed by atoms with Crippen LogP contribution in [0.3, 0.4) is 0 Å². The van der Waals surface area contributed by atoms with E-state index < -0.39 is 18.2 Å². The van der Waals surface area contributed by atoms with Crippen molar-refractivity contribution in [3.8, 4) is 0 Å². The normalized spacial score (nSPS) is 27.7. The molecule has 0 spiro atoms. The highest BCUT2D eigenvalue weighted by Crippen LogP contribution is 2.58. The zero-order chi connectivity index (χ0) is 36.8. The van der Waals surface area contributed by atoms with Gasteiger partial charge >= 0.3 is 17.9 Å². The van der Waals surface area contributed by atoms with Gasteiger partial charge in [0.05, 0.1) is 16.7 Å². The maximum atomic E-state index is 13.1. The number of rotatable bonds is 11. The van der Waals surface area contributed by atoms with Gasteiger partial charge in [-0.2, -0.15) is 0 Å². The number of esters is 3. The molecule has 0 N–H and O–H groups in total. The van der Waals surface area contributed by atoms with Crippen LogP contribution in [0.15, 0.2) is 139 Å². The van der Waals surface area contributed by atoms with Crippen LogP contribution in [0.5, 0.6) is 0 Å². The Kier molecular flexibility index (Phi) is 11.2. The van der Waals surface area contributed by atoms with Gasteiger partial charge < -0.3 is 14.2 Å². The third-order valence-corrected chi connectivity index (χ3v) is 12.0. The number of carbonyl (C=O) groups is 3. The van der Waals surface area contributed by atoms with Crippen molar-refractivity contribution >= 4 is 17.9 Å². The van der Waals surface area contributed by atoms with Crippen LogP contribution in [-0.4, -0.2) is 36.2 Å². The smallest absolute Gasteiger partial charge is 0.338 e. The van der Waals surface area contributed by atoms with Crippen LogP contribution in [0, 0.1) is 23.2 Å². The summed E-state index contributed by atoms with van der Waals surface area (Å²) < 4.78 is 18.0. The van der Waals surface area contributed by atoms with E-state index >= 15 is 0 Å². The van der Waals surface area contributed by atoms with Crippen LogP contribution in [0.1, 0.15) is 102 Å². The summed E-state index contributed by atoms with van der Waals surface area (Å²) in [7, 11) is 0. The molecule has 3 aromatic rings. The lowest BCUT2D eigenvalue weighted by atomic mass is 9.63. The van der Waals surface area contributed by atoms with Crippen LogP contribution in [0.2, 0.25) is 0 Å². The van der Waals surface area contributed by atoms with E-state index in [1.807, 2.05) is 66.7 Å². The standard InChI is InChI=1S/C47H50O6/c1-32-38(30-40(51-44(48)35-14-6-3-7-15-35)31-43(32)53-46(50)37-18-10-5-11-19-37)26-23-33-20-13-29-47(2)39(27-28-41(33)47)21-12-22-42(34-24-25-34)52-45(49)36-16-8-4-9-17-36/h3-12,14-19,22-23,26,34,39-43H,1,13,20-21,24-25,27-31H2,2H3/b22-12+,33-23+,38-26-. The second-order valence-corrected chi connectivity index (χ2v) is 15.5. The topological polar surface area (TPSA) is 78.9 Å². The van der Waals surface area contributed by atoms with Crippen molar-refractivity contribution in [3.63, 3.8) is 0 Å². The van der Waals surface area contributed by atoms with Gasteiger partial charge in [-0.15, -0.1) is 0 Å². The highest BCUT2D eigenvalue weighted by Gasteiger charge is 2.48. The van der Waals surface area contributed by atoms with Crippen LogP contribution >= 0.6 is 0 Å². The molecule has 4 saturated carbocycles. The zero-order valence-corrected chi connectivity index (χ0v) is 30.7. The molecule has 7 rings (SSSR count). The van der Waals surface area contributed by atoms with E-state index in [-0.39, 0.29) is 23.5 Å². The number of hydrogen-bond acceptors (Lipinski definition) is 6. The fourth-order valence-corrected chi connectivity index (χ4v) is 8.80. The molecular formula is C47H50O6. The number of allylic oxidation sites excluding steroid dienone is 4. The van der Waals surface area contributed by atoms with E-state index in [1.165, 1.54) is 18.4 Å². The zero-order valence-electron chi connectivity index (χ0n) is 30.7. The molecule has 6 heteroatoms. The van der Waals surface area contributed by atoms with Crippen molar-refractivity contribution in [2.75, 3.05) is 0 Å². The van der Waals surface area contributed by atoms with Gasteiger partial charge in [0.25, 0.3) is 0 Å². The summed E-state index contributed by atoms with van der Waals surface area (Å²) in [5.41, 5.74) is 4.91. The molecule has 4 aliphatic rings. The fourth-order valence-electron chi connectivity index (χ4n) is 8.80. The molecule has 6 atom stereocenters. The Morgan fingerprint density at radius 3 is 2.02 bits per heavy atom. The molecule has 0 bridgehead atoms. The Labute approximate surface area is 313 Å². The summed E-state index contributed by atoms with van der Waals surface area (Å²) >= 11 is 0. The first-order valence-electron chi connectivity index (χ1n) is 19.3. The first-order valence-corrected chi connectivity index (χ1v) is 19.3. The average Bonchev–Trinajstić information content (AvgIpc) is 3.98. The predicted molar refractivity (Wildman–Crippen MR) is 206 cm³/mol. The largest absolute Gasteiger partial charge is 0.458 e. The summed E-state index contributed by atoms with van der Waals surface area (Å²) in [6.45, 7) is 6.86. The van der Waals surface area contributed by atoms with Crippen molar-refractivity contribution in [1.29, 1.82) is 0 Å². The van der Waals surface area contributed by atoms with Gasteiger partial charge in [0.2, 0.25) is 0 Å². The molecule has 0 heterocycles. The monoisotopic (exact) mass is 710 g/mol. The third-order valence-electron chi connectivity index (χ3n) is 12.0. The van der Waals surface area contributed by atoms with Gasteiger partial charge in [0, 0.05) is 12.8 Å². The molecule has 0 radical (unpaired) electrons. The predicted octanol–water partition coefficient (Wildman–Crippen LogP) is 10.4. The Balaban J connectivity index is 1.05. The number of benzene rings is 3. The molecule has 0 aromatic heterocycles. The SMILES string of the molecule is C=C1/C(=C\C=C2/CCCC3(C)C(C/C=C/C(OC(=O)c4ccccc4)C4CC4)CCC23)CC(OC(=O)c2ccccc2)CC1OC(=O)c1ccccc1. The number of carbonyl (C=O) groups excluding carboxylic acids is 3. The van der Waals surface area contributed by atoms with E-state index in [9.17, 15) is 14.4 Å². The van der Waals surface area contributed by atoms with E-state index in [4.69, 9.17) is 14.2 Å². The van der Waals surface area contributed by atoms with Crippen molar-refractivity contribution in [2.45, 2.75) is 89.4 Å². The molecule has 274 valence electrons. The van der Waals surface area contributed by atoms with Crippen LogP contribution in [0.25, 0.3) is 0 Å². The molecule has 53 heavy (non-hydrogen) atoms. The maximum absolute atomic E-state index is 13.1. The Hall–Kier alpha value is -4.97. The molecule has 3 aromatic carbocycles. The van der Waals surface area contributed by atoms with Crippen LogP contribution < -0.4 is 0 Å². The highest BCUT2D eigenvalue weighted by atomic mass is 16.6. The minimum absolute atomic E-state index is 0.170. The number of ether oxygens (including phenoxy) is 3. The molecule has 6 nitrogen and oxygen atoms in total. The maximum Gasteiger partial charge on any atom is 0.338 e. The van der Waals surface area contributed by atoms with Gasteiger partial charge in [-0.25, -0.2) is 14.4 Å². The molecule has 4 aliphatic carbocycles. The first-order chi connectivity index (χ1) is 25.8. The number of fused-ring (bicyclic) bond motifs is 1. The summed E-state index contributed by atoms with van der Waals surface area (Å²) in [5.74, 6) is 0.394. The lowest BCUT2D eigenvalue weighted by molar-refractivity contribution is 0.00213. The van der Waals surface area contributed by atoms with Gasteiger partial charge in [0.1, 0.15) is 18.3 Å². The van der Waals surface area contributed by atoms with Crippen molar-refractivity contribution < 1.29 is 28.6 Å². The summed E-state index contributed by atoms with van der Waals surface area (Å²) in [6, 6.07) is 27.2. The second-order valence-electron chi connectivity index (χ2n) is 15.5. The van der Waals surface area contributed by atoms with Gasteiger partial charge in [-0.05, 0) is 128 Å². The summed E-state index contributed by atoms with van der Waals surface area (Å²) in [5, 5.41) is 0.